The van der Waals surface area contributed by atoms with Gasteiger partial charge in [0.1, 0.15) is 11.6 Å². The minimum Gasteiger partial charge on any atom is -0.378 e. The molecule has 1 fully saturated rings. The zero-order valence-corrected chi connectivity index (χ0v) is 17.7. The molecule has 6 rings (SSSR count). The highest BCUT2D eigenvalue weighted by molar-refractivity contribution is 8.00. The van der Waals surface area contributed by atoms with Crippen LogP contribution in [0.4, 0.5) is 11.6 Å². The third-order valence-corrected chi connectivity index (χ3v) is 7.00. The molecule has 3 N–H and O–H groups in total. The van der Waals surface area contributed by atoms with E-state index in [4.69, 9.17) is 14.7 Å². The molecule has 158 valence electrons. The summed E-state index contributed by atoms with van der Waals surface area (Å²) < 4.78 is 5.58. The van der Waals surface area contributed by atoms with Crippen LogP contribution < -0.4 is 10.2 Å². The largest absolute Gasteiger partial charge is 0.378 e. The normalized spacial score (nSPS) is 18.5. The number of H-pyrrole nitrogens is 2. The zero-order chi connectivity index (χ0) is 20.6. The summed E-state index contributed by atoms with van der Waals surface area (Å²) >= 11 is 1.86. The Balaban J connectivity index is 1.37. The molecule has 5 heterocycles. The molecule has 2 aliphatic rings. The van der Waals surface area contributed by atoms with E-state index in [1.807, 2.05) is 36.2 Å². The monoisotopic (exact) mass is 434 g/mol. The van der Waals surface area contributed by atoms with Crippen molar-refractivity contribution < 1.29 is 4.74 Å². The van der Waals surface area contributed by atoms with Crippen molar-refractivity contribution in [1.82, 2.24) is 30.4 Å². The highest BCUT2D eigenvalue weighted by Crippen LogP contribution is 2.43. The number of nitrogens with one attached hydrogen (secondary N) is 3. The molecule has 1 atom stereocenters. The van der Waals surface area contributed by atoms with Crippen molar-refractivity contribution in [3.8, 4) is 11.4 Å². The SMILES string of the molecule is c1cc(-c2nc3c(c(N4CCOCC4)n2)SC(CNc2ccn[nH]2)C3)c2cn[nH]c2c1. The van der Waals surface area contributed by atoms with E-state index < -0.39 is 0 Å². The first-order chi connectivity index (χ1) is 15.3. The van der Waals surface area contributed by atoms with Crippen molar-refractivity contribution in [2.75, 3.05) is 43.1 Å². The van der Waals surface area contributed by atoms with Gasteiger partial charge in [-0.2, -0.15) is 10.2 Å². The van der Waals surface area contributed by atoms with Gasteiger partial charge >= 0.3 is 0 Å². The van der Waals surface area contributed by atoms with Crippen LogP contribution in [0.2, 0.25) is 0 Å². The maximum absolute atomic E-state index is 5.58. The topological polar surface area (TPSA) is 108 Å². The molecule has 0 spiro atoms. The third-order valence-electron chi connectivity index (χ3n) is 5.68. The lowest BCUT2D eigenvalue weighted by Crippen LogP contribution is -2.37. The molecule has 3 aromatic heterocycles. The molecule has 0 radical (unpaired) electrons. The number of aromatic amines is 2. The van der Waals surface area contributed by atoms with Crippen LogP contribution in [0, 0.1) is 0 Å². The fraction of sp³-hybridized carbons (Fsp3) is 0.333. The first-order valence-electron chi connectivity index (χ1n) is 10.4. The van der Waals surface area contributed by atoms with E-state index >= 15 is 0 Å². The molecule has 4 aromatic rings. The average molecular weight is 435 g/mol. The lowest BCUT2D eigenvalue weighted by molar-refractivity contribution is 0.122. The van der Waals surface area contributed by atoms with Crippen LogP contribution in [0.15, 0.2) is 41.6 Å². The van der Waals surface area contributed by atoms with E-state index in [1.54, 1.807) is 6.20 Å². The van der Waals surface area contributed by atoms with Gasteiger partial charge in [-0.25, -0.2) is 9.97 Å². The molecule has 31 heavy (non-hydrogen) atoms. The van der Waals surface area contributed by atoms with Gasteiger partial charge in [0.15, 0.2) is 5.82 Å². The number of ether oxygens (including phenoxy) is 1. The summed E-state index contributed by atoms with van der Waals surface area (Å²) in [6.07, 6.45) is 4.50. The summed E-state index contributed by atoms with van der Waals surface area (Å²) in [7, 11) is 0. The van der Waals surface area contributed by atoms with E-state index in [-0.39, 0.29) is 0 Å². The van der Waals surface area contributed by atoms with Crippen molar-refractivity contribution in [2.45, 2.75) is 16.6 Å². The summed E-state index contributed by atoms with van der Waals surface area (Å²) in [4.78, 5) is 13.6. The van der Waals surface area contributed by atoms with Gasteiger partial charge in [-0.1, -0.05) is 12.1 Å². The van der Waals surface area contributed by atoms with Crippen LogP contribution >= 0.6 is 11.8 Å². The molecule has 0 bridgehead atoms. The molecule has 1 saturated heterocycles. The molecule has 2 aliphatic heterocycles. The number of hydrogen-bond acceptors (Lipinski definition) is 8. The number of anilines is 2. The molecule has 0 aliphatic carbocycles. The van der Waals surface area contributed by atoms with Crippen molar-refractivity contribution >= 4 is 34.3 Å². The summed E-state index contributed by atoms with van der Waals surface area (Å²) in [5.74, 6) is 2.72. The fourth-order valence-corrected chi connectivity index (χ4v) is 5.42. The number of thioether (sulfide) groups is 1. The predicted octanol–water partition coefficient (Wildman–Crippen LogP) is 2.71. The number of aromatic nitrogens is 6. The fourth-order valence-electron chi connectivity index (χ4n) is 4.13. The van der Waals surface area contributed by atoms with E-state index in [9.17, 15) is 0 Å². The lowest BCUT2D eigenvalue weighted by Gasteiger charge is -2.29. The number of benzene rings is 1. The first-order valence-corrected chi connectivity index (χ1v) is 11.3. The molecule has 1 unspecified atom stereocenters. The Labute approximate surface area is 183 Å². The second-order valence-corrected chi connectivity index (χ2v) is 8.99. The van der Waals surface area contributed by atoms with Crippen LogP contribution in [0.5, 0.6) is 0 Å². The highest BCUT2D eigenvalue weighted by Gasteiger charge is 2.31. The smallest absolute Gasteiger partial charge is 0.162 e. The van der Waals surface area contributed by atoms with Gasteiger partial charge in [0.2, 0.25) is 0 Å². The van der Waals surface area contributed by atoms with E-state index in [1.165, 1.54) is 4.90 Å². The Bertz CT molecular complexity index is 1200. The Hall–Kier alpha value is -3.11. The number of rotatable bonds is 5. The minimum atomic E-state index is 0.382. The van der Waals surface area contributed by atoms with Crippen molar-refractivity contribution in [3.05, 3.63) is 42.4 Å². The average Bonchev–Trinajstić information content (AvgIpc) is 3.57. The number of fused-ring (bicyclic) bond motifs is 2. The maximum atomic E-state index is 5.58. The molecule has 1 aromatic carbocycles. The van der Waals surface area contributed by atoms with E-state index in [0.29, 0.717) is 5.25 Å². The maximum Gasteiger partial charge on any atom is 0.162 e. The van der Waals surface area contributed by atoms with Gasteiger partial charge in [0.05, 0.1) is 41.7 Å². The zero-order valence-electron chi connectivity index (χ0n) is 16.8. The van der Waals surface area contributed by atoms with Crippen LogP contribution in [0.1, 0.15) is 5.69 Å². The lowest BCUT2D eigenvalue weighted by atomic mass is 10.1. The number of hydrogen-bond donors (Lipinski definition) is 3. The van der Waals surface area contributed by atoms with Gasteiger partial charge in [-0.05, 0) is 12.1 Å². The Morgan fingerprint density at radius 3 is 2.94 bits per heavy atom. The predicted molar refractivity (Wildman–Crippen MR) is 121 cm³/mol. The van der Waals surface area contributed by atoms with Crippen molar-refractivity contribution in [1.29, 1.82) is 0 Å². The Morgan fingerprint density at radius 2 is 2.06 bits per heavy atom. The standard InChI is InChI=1S/C21H22N8OS/c1-2-14(15-12-24-27-16(15)3-1)20-25-17-10-13(11-22-18-4-5-23-28-18)31-19(17)21(26-20)29-6-8-30-9-7-29/h1-5,12-13H,6-11H2,(H,24,27)(H2,22,23,28). The summed E-state index contributed by atoms with van der Waals surface area (Å²) in [5, 5.41) is 19.1. The molecule has 9 nitrogen and oxygen atoms in total. The summed E-state index contributed by atoms with van der Waals surface area (Å²) in [6, 6.07) is 8.05. The van der Waals surface area contributed by atoms with E-state index in [0.717, 1.165) is 78.9 Å². The second-order valence-electron chi connectivity index (χ2n) is 7.68. The molecular weight excluding hydrogens is 412 g/mol. The number of morpholine rings is 1. The molecule has 10 heteroatoms. The minimum absolute atomic E-state index is 0.382. The second kappa shape index (κ2) is 7.86. The van der Waals surface area contributed by atoms with Gasteiger partial charge in [-0.15, -0.1) is 11.8 Å². The Kier molecular flexibility index (Phi) is 4.73. The van der Waals surface area contributed by atoms with Crippen LogP contribution in [0.3, 0.4) is 0 Å². The van der Waals surface area contributed by atoms with Crippen LogP contribution in [0.25, 0.3) is 22.3 Å². The van der Waals surface area contributed by atoms with Gasteiger partial charge in [0, 0.05) is 42.3 Å². The van der Waals surface area contributed by atoms with E-state index in [2.05, 4.69) is 36.7 Å². The molecule has 0 saturated carbocycles. The van der Waals surface area contributed by atoms with Gasteiger partial charge < -0.3 is 15.0 Å². The van der Waals surface area contributed by atoms with Gasteiger partial charge in [-0.3, -0.25) is 10.2 Å². The van der Waals surface area contributed by atoms with Crippen molar-refractivity contribution in [2.24, 2.45) is 0 Å². The quantitative estimate of drug-likeness (QED) is 0.440. The van der Waals surface area contributed by atoms with Crippen LogP contribution in [-0.4, -0.2) is 68.5 Å². The molecular formula is C21H22N8OS. The molecule has 0 amide bonds. The first kappa shape index (κ1) is 18.6. The third kappa shape index (κ3) is 3.51. The summed E-state index contributed by atoms with van der Waals surface area (Å²) in [5.41, 5.74) is 3.12. The highest BCUT2D eigenvalue weighted by atomic mass is 32.2. The summed E-state index contributed by atoms with van der Waals surface area (Å²) in [6.45, 7) is 3.97. The van der Waals surface area contributed by atoms with Gasteiger partial charge in [0.25, 0.3) is 0 Å². The van der Waals surface area contributed by atoms with Crippen LogP contribution in [-0.2, 0) is 11.2 Å². The Morgan fingerprint density at radius 1 is 1.13 bits per heavy atom. The van der Waals surface area contributed by atoms with Crippen molar-refractivity contribution in [3.63, 3.8) is 0 Å². The number of nitrogens with zero attached hydrogens (tertiary/aromatic N) is 5.